The lowest BCUT2D eigenvalue weighted by Crippen LogP contribution is -2.30. The molecule has 0 bridgehead atoms. The van der Waals surface area contributed by atoms with Crippen LogP contribution >= 0.6 is 0 Å². The number of pyridine rings is 1. The molecule has 2 aromatic heterocycles. The molecule has 0 unspecified atom stereocenters. The molecule has 2 heterocycles. The van der Waals surface area contributed by atoms with Crippen molar-refractivity contribution in [2.75, 3.05) is 0 Å². The van der Waals surface area contributed by atoms with Gasteiger partial charge in [0.15, 0.2) is 12.1 Å². The lowest BCUT2D eigenvalue weighted by atomic mass is 9.96. The quantitative estimate of drug-likeness (QED) is 0.832. The Balaban J connectivity index is 2.60. The van der Waals surface area contributed by atoms with Crippen LogP contribution in [0, 0.1) is 6.92 Å². The zero-order valence-electron chi connectivity index (χ0n) is 10.7. The lowest BCUT2D eigenvalue weighted by Gasteiger charge is -2.21. The number of aldehydes is 1. The maximum Gasteiger partial charge on any atom is 0.158 e. The third kappa shape index (κ3) is 2.17. The predicted molar refractivity (Wildman–Crippen MR) is 68.7 cm³/mol. The number of nitrogens with zero attached hydrogens (tertiary/aromatic N) is 3. The fourth-order valence-corrected chi connectivity index (χ4v) is 1.78. The van der Waals surface area contributed by atoms with Gasteiger partial charge in [-0.1, -0.05) is 6.07 Å². The normalized spacial score (nSPS) is 11.6. The molecule has 0 amide bonds. The van der Waals surface area contributed by atoms with E-state index in [1.807, 2.05) is 26.0 Å². The van der Waals surface area contributed by atoms with Crippen LogP contribution in [-0.4, -0.2) is 21.1 Å². The van der Waals surface area contributed by atoms with E-state index in [1.54, 1.807) is 24.0 Å². The number of aryl methyl sites for hydroxylation is 1. The van der Waals surface area contributed by atoms with Gasteiger partial charge >= 0.3 is 0 Å². The number of hydrogen-bond donors (Lipinski definition) is 1. The highest BCUT2D eigenvalue weighted by atomic mass is 16.1. The topological polar surface area (TPSA) is 73.8 Å². The van der Waals surface area contributed by atoms with Crippen LogP contribution in [0.25, 0.3) is 5.82 Å². The average molecular weight is 244 g/mol. The second-order valence-electron chi connectivity index (χ2n) is 4.83. The van der Waals surface area contributed by atoms with E-state index in [0.717, 1.165) is 11.8 Å². The van der Waals surface area contributed by atoms with Gasteiger partial charge in [-0.05, 0) is 26.8 Å². The molecule has 94 valence electrons. The van der Waals surface area contributed by atoms with Crippen LogP contribution in [-0.2, 0) is 5.54 Å². The monoisotopic (exact) mass is 244 g/mol. The largest absolute Gasteiger partial charge is 0.322 e. The molecule has 0 spiro atoms. The zero-order valence-corrected chi connectivity index (χ0v) is 10.7. The van der Waals surface area contributed by atoms with Gasteiger partial charge in [-0.25, -0.2) is 9.67 Å². The van der Waals surface area contributed by atoms with Gasteiger partial charge in [-0.3, -0.25) is 4.79 Å². The van der Waals surface area contributed by atoms with E-state index in [0.29, 0.717) is 17.1 Å². The number of nitrogens with two attached hydrogens (primary N) is 1. The molecule has 5 heteroatoms. The average Bonchev–Trinajstić information content (AvgIpc) is 2.69. The molecular formula is C13H16N4O. The predicted octanol–water partition coefficient (Wildman–Crippen LogP) is 1.58. The van der Waals surface area contributed by atoms with E-state index in [2.05, 4.69) is 10.1 Å². The first kappa shape index (κ1) is 12.4. The highest BCUT2D eigenvalue weighted by Crippen LogP contribution is 2.22. The van der Waals surface area contributed by atoms with Gasteiger partial charge < -0.3 is 5.73 Å². The highest BCUT2D eigenvalue weighted by molar-refractivity contribution is 5.76. The Morgan fingerprint density at radius 2 is 2.17 bits per heavy atom. The maximum atomic E-state index is 10.9. The van der Waals surface area contributed by atoms with Gasteiger partial charge in [-0.2, -0.15) is 5.10 Å². The van der Waals surface area contributed by atoms with Crippen molar-refractivity contribution in [2.24, 2.45) is 5.73 Å². The van der Waals surface area contributed by atoms with Crippen molar-refractivity contribution < 1.29 is 4.79 Å². The summed E-state index contributed by atoms with van der Waals surface area (Å²) in [4.78, 5) is 15.2. The Kier molecular flexibility index (Phi) is 3.00. The van der Waals surface area contributed by atoms with Crippen molar-refractivity contribution in [3.8, 4) is 5.82 Å². The van der Waals surface area contributed by atoms with Crippen molar-refractivity contribution in [3.63, 3.8) is 0 Å². The summed E-state index contributed by atoms with van der Waals surface area (Å²) in [7, 11) is 0. The summed E-state index contributed by atoms with van der Waals surface area (Å²) in [5.74, 6) is 0.654. The van der Waals surface area contributed by atoms with Crippen molar-refractivity contribution >= 4 is 6.29 Å². The van der Waals surface area contributed by atoms with Crippen molar-refractivity contribution in [1.29, 1.82) is 0 Å². The Hall–Kier alpha value is -2.01. The lowest BCUT2D eigenvalue weighted by molar-refractivity contribution is 0.112. The SMILES string of the molecule is Cc1nn(-c2ncccc2C(C)(C)N)cc1C=O. The molecule has 0 aromatic carbocycles. The molecule has 0 fully saturated rings. The van der Waals surface area contributed by atoms with Crippen molar-refractivity contribution in [3.05, 3.63) is 41.3 Å². The molecule has 2 N–H and O–H groups in total. The van der Waals surface area contributed by atoms with Crippen LogP contribution in [0.2, 0.25) is 0 Å². The molecule has 0 aliphatic carbocycles. The number of rotatable bonds is 3. The van der Waals surface area contributed by atoms with Gasteiger partial charge in [0, 0.05) is 23.5 Å². The Labute approximate surface area is 106 Å². The van der Waals surface area contributed by atoms with E-state index in [-0.39, 0.29) is 0 Å². The summed E-state index contributed by atoms with van der Waals surface area (Å²) in [5, 5.41) is 4.29. The summed E-state index contributed by atoms with van der Waals surface area (Å²) < 4.78 is 1.60. The van der Waals surface area contributed by atoms with Gasteiger partial charge in [0.25, 0.3) is 0 Å². The Morgan fingerprint density at radius 3 is 2.72 bits per heavy atom. The minimum atomic E-state index is -0.523. The molecule has 0 radical (unpaired) electrons. The van der Waals surface area contributed by atoms with E-state index in [1.165, 1.54) is 0 Å². The first-order valence-corrected chi connectivity index (χ1v) is 5.69. The van der Waals surface area contributed by atoms with Gasteiger partial charge in [0.2, 0.25) is 0 Å². The summed E-state index contributed by atoms with van der Waals surface area (Å²) in [5.41, 5.74) is 7.71. The Morgan fingerprint density at radius 1 is 1.44 bits per heavy atom. The van der Waals surface area contributed by atoms with Gasteiger partial charge in [0.1, 0.15) is 0 Å². The second kappa shape index (κ2) is 4.34. The molecule has 0 saturated carbocycles. The van der Waals surface area contributed by atoms with Crippen LogP contribution in [0.4, 0.5) is 0 Å². The summed E-state index contributed by atoms with van der Waals surface area (Å²) >= 11 is 0. The second-order valence-corrected chi connectivity index (χ2v) is 4.83. The molecule has 5 nitrogen and oxygen atoms in total. The molecule has 18 heavy (non-hydrogen) atoms. The third-order valence-corrected chi connectivity index (χ3v) is 2.76. The van der Waals surface area contributed by atoms with Crippen LogP contribution in [0.5, 0.6) is 0 Å². The standard InChI is InChI=1S/C13H16N4O/c1-9-10(8-18)7-17(16-9)12-11(13(2,3)14)5-4-6-15-12/h4-8H,14H2,1-3H3. The minimum Gasteiger partial charge on any atom is -0.322 e. The number of hydrogen-bond acceptors (Lipinski definition) is 4. The van der Waals surface area contributed by atoms with Crippen LogP contribution in [0.3, 0.4) is 0 Å². The maximum absolute atomic E-state index is 10.9. The summed E-state index contributed by atoms with van der Waals surface area (Å²) in [6.07, 6.45) is 4.14. The number of carbonyl (C=O) groups is 1. The molecule has 0 aliphatic rings. The van der Waals surface area contributed by atoms with Gasteiger partial charge in [0.05, 0.1) is 11.3 Å². The highest BCUT2D eigenvalue weighted by Gasteiger charge is 2.21. The van der Waals surface area contributed by atoms with E-state index < -0.39 is 5.54 Å². The molecule has 0 aliphatic heterocycles. The smallest absolute Gasteiger partial charge is 0.158 e. The third-order valence-electron chi connectivity index (χ3n) is 2.76. The van der Waals surface area contributed by atoms with Gasteiger partial charge in [-0.15, -0.1) is 0 Å². The van der Waals surface area contributed by atoms with Crippen LogP contribution in [0.1, 0.15) is 35.5 Å². The number of carbonyl (C=O) groups excluding carboxylic acids is 1. The van der Waals surface area contributed by atoms with Crippen molar-refractivity contribution in [2.45, 2.75) is 26.3 Å². The molecule has 2 aromatic rings. The molecule has 0 atom stereocenters. The molecule has 0 saturated heterocycles. The van der Waals surface area contributed by atoms with Crippen molar-refractivity contribution in [1.82, 2.24) is 14.8 Å². The fourth-order valence-electron chi connectivity index (χ4n) is 1.78. The molecule has 2 rings (SSSR count). The first-order valence-electron chi connectivity index (χ1n) is 5.69. The minimum absolute atomic E-state index is 0.523. The summed E-state index contributed by atoms with van der Waals surface area (Å²) in [6, 6.07) is 3.75. The molecular weight excluding hydrogens is 228 g/mol. The van der Waals surface area contributed by atoms with E-state index in [4.69, 9.17) is 5.73 Å². The van der Waals surface area contributed by atoms with Crippen LogP contribution < -0.4 is 5.73 Å². The van der Waals surface area contributed by atoms with Crippen LogP contribution in [0.15, 0.2) is 24.5 Å². The Bertz CT molecular complexity index is 581. The summed E-state index contributed by atoms with van der Waals surface area (Å²) in [6.45, 7) is 5.60. The van der Waals surface area contributed by atoms with E-state index in [9.17, 15) is 4.79 Å². The number of aromatic nitrogens is 3. The zero-order chi connectivity index (χ0) is 13.3. The first-order chi connectivity index (χ1) is 8.43. The van der Waals surface area contributed by atoms with E-state index >= 15 is 0 Å². The fraction of sp³-hybridized carbons (Fsp3) is 0.308.